The van der Waals surface area contributed by atoms with Crippen LogP contribution < -0.4 is 0 Å². The zero-order valence-corrected chi connectivity index (χ0v) is 10.8. The molecule has 0 aliphatic heterocycles. The molecule has 1 aromatic heterocycles. The molecule has 0 unspecified atom stereocenters. The molecule has 17 heavy (non-hydrogen) atoms. The summed E-state index contributed by atoms with van der Waals surface area (Å²) < 4.78 is 5.02. The van der Waals surface area contributed by atoms with Crippen LogP contribution in [0, 0.1) is 0 Å². The van der Waals surface area contributed by atoms with Gasteiger partial charge in [0.1, 0.15) is 0 Å². The van der Waals surface area contributed by atoms with Crippen molar-refractivity contribution in [2.75, 3.05) is 13.7 Å². The normalized spacial score (nSPS) is 15.6. The highest BCUT2D eigenvalue weighted by Crippen LogP contribution is 2.24. The number of rotatable bonds is 6. The van der Waals surface area contributed by atoms with Crippen molar-refractivity contribution >= 4 is 17.8 Å². The van der Waals surface area contributed by atoms with E-state index < -0.39 is 0 Å². The minimum atomic E-state index is 0.524. The second kappa shape index (κ2) is 6.12. The van der Waals surface area contributed by atoms with Gasteiger partial charge in [-0.2, -0.15) is 0 Å². The summed E-state index contributed by atoms with van der Waals surface area (Å²) in [5, 5.41) is 0.671. The molecular formula is C13H17ClN2O. The number of aryl methyl sites for hydroxylation is 1. The van der Waals surface area contributed by atoms with Crippen molar-refractivity contribution < 1.29 is 4.74 Å². The van der Waals surface area contributed by atoms with E-state index in [1.54, 1.807) is 13.3 Å². The molecule has 0 aromatic carbocycles. The third kappa shape index (κ3) is 4.10. The first-order valence-electron chi connectivity index (χ1n) is 5.96. The molecule has 0 amide bonds. The monoisotopic (exact) mass is 252 g/mol. The van der Waals surface area contributed by atoms with Crippen LogP contribution in [0.3, 0.4) is 0 Å². The number of hydrogen-bond acceptors (Lipinski definition) is 3. The molecule has 1 heterocycles. The second-order valence-electron chi connectivity index (χ2n) is 4.30. The average Bonchev–Trinajstić information content (AvgIpc) is 3.14. The highest BCUT2D eigenvalue weighted by molar-refractivity contribution is 6.32. The largest absolute Gasteiger partial charge is 0.385 e. The molecule has 1 aliphatic rings. The topological polar surface area (TPSA) is 34.5 Å². The van der Waals surface area contributed by atoms with Gasteiger partial charge in [-0.15, -0.1) is 0 Å². The smallest absolute Gasteiger partial charge is 0.0677 e. The summed E-state index contributed by atoms with van der Waals surface area (Å²) in [4.78, 5) is 8.75. The standard InChI is InChI=1S/C13H17ClN2O/c1-17-6-2-3-12-7-10(13(14)9-16-12)8-15-11-4-5-11/h7-9,11H,2-6H2,1H3/b15-8+. The summed E-state index contributed by atoms with van der Waals surface area (Å²) in [6.07, 6.45) is 7.89. The van der Waals surface area contributed by atoms with Crippen LogP contribution in [-0.4, -0.2) is 31.0 Å². The van der Waals surface area contributed by atoms with Gasteiger partial charge >= 0.3 is 0 Å². The van der Waals surface area contributed by atoms with Crippen molar-refractivity contribution in [3.8, 4) is 0 Å². The van der Waals surface area contributed by atoms with E-state index in [0.29, 0.717) is 11.1 Å². The summed E-state index contributed by atoms with van der Waals surface area (Å²) in [5.41, 5.74) is 2.02. The second-order valence-corrected chi connectivity index (χ2v) is 4.71. The van der Waals surface area contributed by atoms with Gasteiger partial charge in [0.15, 0.2) is 0 Å². The summed E-state index contributed by atoms with van der Waals surface area (Å²) in [5.74, 6) is 0. The molecule has 1 aliphatic carbocycles. The summed E-state index contributed by atoms with van der Waals surface area (Å²) in [6.45, 7) is 0.760. The fourth-order valence-electron chi connectivity index (χ4n) is 1.54. The maximum Gasteiger partial charge on any atom is 0.0677 e. The van der Waals surface area contributed by atoms with Crippen molar-refractivity contribution in [1.29, 1.82) is 0 Å². The van der Waals surface area contributed by atoms with Crippen LogP contribution in [0.2, 0.25) is 5.02 Å². The number of pyridine rings is 1. The van der Waals surface area contributed by atoms with E-state index in [2.05, 4.69) is 9.98 Å². The SMILES string of the molecule is COCCCc1cc(/C=N/C2CC2)c(Cl)cn1. The quantitative estimate of drug-likeness (QED) is 0.576. The Morgan fingerprint density at radius 1 is 1.59 bits per heavy atom. The number of ether oxygens (including phenoxy) is 1. The van der Waals surface area contributed by atoms with Crippen LogP contribution in [0.4, 0.5) is 0 Å². The number of halogens is 1. The highest BCUT2D eigenvalue weighted by Gasteiger charge is 2.19. The highest BCUT2D eigenvalue weighted by atomic mass is 35.5. The zero-order valence-electron chi connectivity index (χ0n) is 10.0. The molecule has 1 fully saturated rings. The molecular weight excluding hydrogens is 236 g/mol. The maximum absolute atomic E-state index is 6.08. The minimum Gasteiger partial charge on any atom is -0.385 e. The number of aliphatic imine (C=N–C) groups is 1. The van der Waals surface area contributed by atoms with Crippen molar-refractivity contribution in [3.05, 3.63) is 28.5 Å². The number of methoxy groups -OCH3 is 1. The molecule has 3 nitrogen and oxygen atoms in total. The lowest BCUT2D eigenvalue weighted by molar-refractivity contribution is 0.195. The van der Waals surface area contributed by atoms with E-state index in [-0.39, 0.29) is 0 Å². The summed E-state index contributed by atoms with van der Waals surface area (Å²) in [7, 11) is 1.71. The first-order chi connectivity index (χ1) is 8.29. The lowest BCUT2D eigenvalue weighted by atomic mass is 10.2. The fourth-order valence-corrected chi connectivity index (χ4v) is 1.69. The Balaban J connectivity index is 2.00. The van der Waals surface area contributed by atoms with Crippen LogP contribution in [0.1, 0.15) is 30.5 Å². The van der Waals surface area contributed by atoms with Crippen molar-refractivity contribution in [2.45, 2.75) is 31.7 Å². The number of nitrogens with zero attached hydrogens (tertiary/aromatic N) is 2. The van der Waals surface area contributed by atoms with Crippen LogP contribution in [0.25, 0.3) is 0 Å². The molecule has 2 rings (SSSR count). The van der Waals surface area contributed by atoms with Crippen LogP contribution >= 0.6 is 11.6 Å². The Labute approximate surface area is 107 Å². The molecule has 0 saturated heterocycles. The van der Waals surface area contributed by atoms with Crippen LogP contribution in [0.5, 0.6) is 0 Å². The summed E-state index contributed by atoms with van der Waals surface area (Å²) in [6, 6.07) is 2.54. The Hall–Kier alpha value is -0.930. The van der Waals surface area contributed by atoms with Crippen LogP contribution in [-0.2, 0) is 11.2 Å². The number of aromatic nitrogens is 1. The molecule has 0 spiro atoms. The van der Waals surface area contributed by atoms with Crippen molar-refractivity contribution in [2.24, 2.45) is 4.99 Å². The molecule has 0 bridgehead atoms. The molecule has 0 N–H and O–H groups in total. The van der Waals surface area contributed by atoms with Gasteiger partial charge in [0.2, 0.25) is 0 Å². The Morgan fingerprint density at radius 3 is 3.12 bits per heavy atom. The van der Waals surface area contributed by atoms with Crippen molar-refractivity contribution in [3.63, 3.8) is 0 Å². The Bertz CT molecular complexity index is 402. The molecule has 0 atom stereocenters. The minimum absolute atomic E-state index is 0.524. The predicted octanol–water partition coefficient (Wildman–Crippen LogP) is 2.90. The zero-order chi connectivity index (χ0) is 12.1. The molecule has 4 heteroatoms. The fraction of sp³-hybridized carbons (Fsp3) is 0.538. The lowest BCUT2D eigenvalue weighted by Crippen LogP contribution is -1.97. The third-order valence-electron chi connectivity index (χ3n) is 2.69. The van der Waals surface area contributed by atoms with E-state index >= 15 is 0 Å². The molecule has 92 valence electrons. The van der Waals surface area contributed by atoms with E-state index in [1.807, 2.05) is 12.3 Å². The summed E-state index contributed by atoms with van der Waals surface area (Å²) >= 11 is 6.08. The van der Waals surface area contributed by atoms with Gasteiger partial charge in [-0.25, -0.2) is 0 Å². The lowest BCUT2D eigenvalue weighted by Gasteiger charge is -2.03. The van der Waals surface area contributed by atoms with Gasteiger partial charge < -0.3 is 4.74 Å². The van der Waals surface area contributed by atoms with Gasteiger partial charge in [0, 0.05) is 37.4 Å². The van der Waals surface area contributed by atoms with E-state index in [4.69, 9.17) is 16.3 Å². The van der Waals surface area contributed by atoms with Gasteiger partial charge in [-0.05, 0) is 31.7 Å². The van der Waals surface area contributed by atoms with Gasteiger partial charge in [0.05, 0.1) is 11.1 Å². The predicted molar refractivity (Wildman–Crippen MR) is 70.1 cm³/mol. The molecule has 1 aromatic rings. The van der Waals surface area contributed by atoms with Crippen molar-refractivity contribution in [1.82, 2.24) is 4.98 Å². The van der Waals surface area contributed by atoms with Gasteiger partial charge in [-0.1, -0.05) is 11.6 Å². The first-order valence-corrected chi connectivity index (χ1v) is 6.34. The first kappa shape index (κ1) is 12.5. The van der Waals surface area contributed by atoms with Gasteiger partial charge in [-0.3, -0.25) is 9.98 Å². The Morgan fingerprint density at radius 2 is 2.41 bits per heavy atom. The van der Waals surface area contributed by atoms with Gasteiger partial charge in [0.25, 0.3) is 0 Å². The number of hydrogen-bond donors (Lipinski definition) is 0. The van der Waals surface area contributed by atoms with E-state index in [1.165, 1.54) is 12.8 Å². The van der Waals surface area contributed by atoms with E-state index in [0.717, 1.165) is 30.7 Å². The molecule has 1 saturated carbocycles. The molecule has 0 radical (unpaired) electrons. The van der Waals surface area contributed by atoms with Crippen LogP contribution in [0.15, 0.2) is 17.3 Å². The van der Waals surface area contributed by atoms with E-state index in [9.17, 15) is 0 Å². The maximum atomic E-state index is 6.08. The average molecular weight is 253 g/mol. The third-order valence-corrected chi connectivity index (χ3v) is 3.01. The Kier molecular flexibility index (Phi) is 4.51.